The van der Waals surface area contributed by atoms with E-state index in [4.69, 9.17) is 6.90 Å². The molecule has 1 aromatic rings. The molecule has 0 saturated carbocycles. The van der Waals surface area contributed by atoms with Gasteiger partial charge in [0.25, 0.3) is 0 Å². The van der Waals surface area contributed by atoms with Crippen LogP contribution in [0.2, 0.25) is 0 Å². The summed E-state index contributed by atoms with van der Waals surface area (Å²) in [5.74, 6) is 0. The number of azide groups is 1. The third-order valence-electron chi connectivity index (χ3n) is 2.21. The predicted molar refractivity (Wildman–Crippen MR) is 48.0 cm³/mol. The zero-order valence-electron chi connectivity index (χ0n) is 7.88. The molecular formula is C9H9N3O. The monoisotopic (exact) mass is 176 g/mol. The zero-order chi connectivity index (χ0) is 10.2. The summed E-state index contributed by atoms with van der Waals surface area (Å²) in [5.41, 5.74) is 9.88. The van der Waals surface area contributed by atoms with Crippen LogP contribution in [0.5, 0.6) is 0 Å². The van der Waals surface area contributed by atoms with Crippen LogP contribution in [-0.2, 0) is 6.42 Å². The Balaban J connectivity index is 2.48. The van der Waals surface area contributed by atoms with Gasteiger partial charge in [-0.25, -0.2) is 0 Å². The molecule has 0 aromatic heterocycles. The van der Waals surface area contributed by atoms with E-state index in [0.717, 1.165) is 5.56 Å². The molecule has 0 aliphatic heterocycles. The molecule has 0 fully saturated rings. The Morgan fingerprint density at radius 2 is 2.38 bits per heavy atom. The molecule has 1 aromatic carbocycles. The number of benzene rings is 1. The second-order valence-corrected chi connectivity index (χ2v) is 2.96. The van der Waals surface area contributed by atoms with Crippen LogP contribution in [-0.4, -0.2) is 11.1 Å². The average Bonchev–Trinajstić information content (AvgIpc) is 2.41. The zero-order valence-corrected chi connectivity index (χ0v) is 6.88. The van der Waals surface area contributed by atoms with Gasteiger partial charge in [-0.15, -0.1) is 0 Å². The van der Waals surface area contributed by atoms with Crippen molar-refractivity contribution in [3.63, 3.8) is 0 Å². The third-order valence-corrected chi connectivity index (χ3v) is 2.21. The summed E-state index contributed by atoms with van der Waals surface area (Å²) in [6.45, 7) is 0. The number of aliphatic hydroxyl groups excluding tert-OH is 1. The van der Waals surface area contributed by atoms with Crippen LogP contribution in [0.1, 0.15) is 18.6 Å². The standard InChI is InChI=1S/C9H9N3O/c10-12-11-8-5-6-3-1-2-4-7(6)9(8)13/h1-4,8-9,13H,5H2/t8-,9+/m0/s1/i8D. The second-order valence-electron chi connectivity index (χ2n) is 2.96. The minimum Gasteiger partial charge on any atom is -0.388 e. The number of hydrogen-bond acceptors (Lipinski definition) is 2. The highest BCUT2D eigenvalue weighted by Crippen LogP contribution is 2.32. The topological polar surface area (TPSA) is 69.0 Å². The van der Waals surface area contributed by atoms with Crippen molar-refractivity contribution < 1.29 is 6.48 Å². The molecule has 0 radical (unpaired) electrons. The summed E-state index contributed by atoms with van der Waals surface area (Å²) in [6.07, 6.45) is -0.747. The number of nitrogens with zero attached hydrogens (tertiary/aromatic N) is 3. The van der Waals surface area contributed by atoms with E-state index in [2.05, 4.69) is 10.0 Å². The molecule has 0 amide bonds. The van der Waals surface area contributed by atoms with Gasteiger partial charge in [-0.2, -0.15) is 0 Å². The van der Waals surface area contributed by atoms with E-state index in [1.807, 2.05) is 12.1 Å². The van der Waals surface area contributed by atoms with Gasteiger partial charge in [0.15, 0.2) is 0 Å². The van der Waals surface area contributed by atoms with Gasteiger partial charge in [0.2, 0.25) is 0 Å². The van der Waals surface area contributed by atoms with E-state index in [1.165, 1.54) is 0 Å². The fourth-order valence-corrected chi connectivity index (χ4v) is 1.58. The van der Waals surface area contributed by atoms with Crippen molar-refractivity contribution in [2.45, 2.75) is 18.5 Å². The first kappa shape index (κ1) is 6.95. The molecule has 1 aliphatic rings. The highest BCUT2D eigenvalue weighted by atomic mass is 16.3. The van der Waals surface area contributed by atoms with Crippen LogP contribution >= 0.6 is 0 Å². The molecule has 4 heteroatoms. The summed E-state index contributed by atoms with van der Waals surface area (Å²) in [7, 11) is 0. The molecule has 2 rings (SSSR count). The van der Waals surface area contributed by atoms with Gasteiger partial charge in [-0.05, 0) is 23.1 Å². The van der Waals surface area contributed by atoms with E-state index in [1.54, 1.807) is 12.1 Å². The van der Waals surface area contributed by atoms with Crippen molar-refractivity contribution in [1.82, 2.24) is 0 Å². The highest BCUT2D eigenvalue weighted by Gasteiger charge is 2.29. The molecule has 66 valence electrons. The van der Waals surface area contributed by atoms with Crippen LogP contribution < -0.4 is 0 Å². The van der Waals surface area contributed by atoms with Gasteiger partial charge < -0.3 is 5.11 Å². The normalized spacial score (nSPS) is 31.8. The lowest BCUT2D eigenvalue weighted by molar-refractivity contribution is 0.159. The van der Waals surface area contributed by atoms with Crippen molar-refractivity contribution in [2.24, 2.45) is 5.11 Å². The van der Waals surface area contributed by atoms with E-state index in [0.29, 0.717) is 5.56 Å². The summed E-state index contributed by atoms with van der Waals surface area (Å²) >= 11 is 0. The van der Waals surface area contributed by atoms with Gasteiger partial charge in [0.05, 0.1) is 12.1 Å². The lowest BCUT2D eigenvalue weighted by atomic mass is 10.1. The summed E-state index contributed by atoms with van der Waals surface area (Å²) < 4.78 is 7.80. The summed E-state index contributed by atoms with van der Waals surface area (Å²) in [4.78, 5) is 2.60. The smallest absolute Gasteiger partial charge is 0.0880 e. The first-order chi connectivity index (χ1) is 6.67. The summed E-state index contributed by atoms with van der Waals surface area (Å²) in [5, 5.41) is 13.1. The van der Waals surface area contributed by atoms with Gasteiger partial charge in [-0.1, -0.05) is 29.4 Å². The Labute approximate surface area is 76.9 Å². The fourth-order valence-electron chi connectivity index (χ4n) is 1.58. The van der Waals surface area contributed by atoms with E-state index < -0.39 is 12.1 Å². The molecule has 0 heterocycles. The van der Waals surface area contributed by atoms with Gasteiger partial charge in [-0.3, -0.25) is 0 Å². The maximum Gasteiger partial charge on any atom is 0.0880 e. The molecule has 4 nitrogen and oxygen atoms in total. The second kappa shape index (κ2) is 3.09. The molecule has 1 N–H and O–H groups in total. The molecule has 0 bridgehead atoms. The van der Waals surface area contributed by atoms with Gasteiger partial charge in [0.1, 0.15) is 0 Å². The summed E-state index contributed by atoms with van der Waals surface area (Å²) in [6, 6.07) is 5.75. The Hall–Kier alpha value is -1.51. The van der Waals surface area contributed by atoms with E-state index in [-0.39, 0.29) is 6.42 Å². The average molecular weight is 176 g/mol. The number of rotatable bonds is 1. The first-order valence-electron chi connectivity index (χ1n) is 4.49. The van der Waals surface area contributed by atoms with Crippen LogP contribution in [0, 0.1) is 0 Å². The molecule has 0 saturated heterocycles. The van der Waals surface area contributed by atoms with Crippen molar-refractivity contribution >= 4 is 0 Å². The molecule has 0 spiro atoms. The maximum absolute atomic E-state index is 9.78. The SMILES string of the molecule is [2H][C@]1(N=[N+]=[N-])Cc2ccccc2[C@H]1O. The van der Waals surface area contributed by atoms with Crippen molar-refractivity contribution in [1.29, 1.82) is 0 Å². The number of hydrogen-bond donors (Lipinski definition) is 1. The first-order valence-corrected chi connectivity index (χ1v) is 3.99. The Morgan fingerprint density at radius 3 is 3.08 bits per heavy atom. The Bertz CT molecular complexity index is 416. The van der Waals surface area contributed by atoms with Crippen molar-refractivity contribution in [3.05, 3.63) is 45.8 Å². The Kier molecular flexibility index (Phi) is 1.65. The van der Waals surface area contributed by atoms with Crippen LogP contribution in [0.15, 0.2) is 29.4 Å². The van der Waals surface area contributed by atoms with Crippen LogP contribution in [0.4, 0.5) is 0 Å². The number of aliphatic hydroxyl groups is 1. The quantitative estimate of drug-likeness (QED) is 0.396. The molecular weight excluding hydrogens is 166 g/mol. The van der Waals surface area contributed by atoms with Crippen LogP contribution in [0.3, 0.4) is 0 Å². The van der Waals surface area contributed by atoms with E-state index in [9.17, 15) is 5.11 Å². The lowest BCUT2D eigenvalue weighted by Gasteiger charge is -2.07. The lowest BCUT2D eigenvalue weighted by Crippen LogP contribution is -2.09. The van der Waals surface area contributed by atoms with Gasteiger partial charge in [0, 0.05) is 6.28 Å². The molecule has 13 heavy (non-hydrogen) atoms. The van der Waals surface area contributed by atoms with Crippen molar-refractivity contribution in [2.75, 3.05) is 0 Å². The van der Waals surface area contributed by atoms with E-state index >= 15 is 0 Å². The molecule has 0 unspecified atom stereocenters. The third kappa shape index (κ3) is 1.26. The van der Waals surface area contributed by atoms with Crippen molar-refractivity contribution in [3.8, 4) is 0 Å². The van der Waals surface area contributed by atoms with Gasteiger partial charge >= 0.3 is 0 Å². The fraction of sp³-hybridized carbons (Fsp3) is 0.333. The largest absolute Gasteiger partial charge is 0.388 e. The number of fused-ring (bicyclic) bond motifs is 1. The molecule has 2 atom stereocenters. The minimum absolute atomic E-state index is 0.272. The van der Waals surface area contributed by atoms with Crippen LogP contribution in [0.25, 0.3) is 10.4 Å². The highest BCUT2D eigenvalue weighted by molar-refractivity contribution is 5.35. The molecule has 1 aliphatic carbocycles. The Morgan fingerprint density at radius 1 is 1.62 bits per heavy atom. The maximum atomic E-state index is 9.78. The predicted octanol–water partition coefficient (Wildman–Crippen LogP) is 1.95. The minimum atomic E-state index is -1.47.